The number of rotatable bonds is 8. The smallest absolute Gasteiger partial charge is 0.416 e. The highest BCUT2D eigenvalue weighted by molar-refractivity contribution is 5.92. The van der Waals surface area contributed by atoms with E-state index in [1.165, 1.54) is 7.11 Å². The zero-order chi connectivity index (χ0) is 20.0. The van der Waals surface area contributed by atoms with Gasteiger partial charge in [0.1, 0.15) is 18.9 Å². The summed E-state index contributed by atoms with van der Waals surface area (Å²) in [5, 5.41) is 17.9. The molecule has 12 heteroatoms. The van der Waals surface area contributed by atoms with Gasteiger partial charge in [-0.15, -0.1) is 5.10 Å². The number of carboxylic acids is 1. The Morgan fingerprint density at radius 1 is 1.30 bits per heavy atom. The quantitative estimate of drug-likeness (QED) is 0.661. The van der Waals surface area contributed by atoms with E-state index in [1.807, 2.05) is 0 Å². The maximum atomic E-state index is 12.9. The predicted molar refractivity (Wildman–Crippen MR) is 84.4 cm³/mol. The molecule has 0 spiro atoms. The zero-order valence-corrected chi connectivity index (χ0v) is 14.0. The number of benzene rings is 1. The molecule has 2 N–H and O–H groups in total. The molecule has 2 rings (SSSR count). The van der Waals surface area contributed by atoms with Crippen molar-refractivity contribution in [2.45, 2.75) is 12.7 Å². The first-order valence-electron chi connectivity index (χ1n) is 7.47. The summed E-state index contributed by atoms with van der Waals surface area (Å²) in [6.07, 6.45) is -3.59. The first kappa shape index (κ1) is 20.2. The van der Waals surface area contributed by atoms with Crippen LogP contribution in [0.2, 0.25) is 0 Å². The molecule has 0 bridgehead atoms. The Balaban J connectivity index is 2.17. The van der Waals surface area contributed by atoms with Crippen LogP contribution in [0.5, 0.6) is 5.75 Å². The van der Waals surface area contributed by atoms with E-state index >= 15 is 0 Å². The van der Waals surface area contributed by atoms with Gasteiger partial charge in [0.25, 0.3) is 0 Å². The minimum atomic E-state index is -4.60. The van der Waals surface area contributed by atoms with Gasteiger partial charge in [-0.25, -0.2) is 9.48 Å². The Bertz CT molecular complexity index is 822. The standard InChI is InChI=1S/C15H15F3N4O5/c1-26-4-5-27-12-3-2-9(15(16,17)18)6-10(12)19-13(23)8-22-7-11(14(24)25)20-21-22/h2-3,6-7H,4-5,8H2,1H3,(H,19,23)(H,24,25). The lowest BCUT2D eigenvalue weighted by molar-refractivity contribution is -0.137. The van der Waals surface area contributed by atoms with Crippen molar-refractivity contribution in [2.75, 3.05) is 25.6 Å². The monoisotopic (exact) mass is 388 g/mol. The number of hydrogen-bond acceptors (Lipinski definition) is 6. The fourth-order valence-electron chi connectivity index (χ4n) is 1.98. The predicted octanol–water partition coefficient (Wildman–Crippen LogP) is 1.66. The van der Waals surface area contributed by atoms with E-state index in [2.05, 4.69) is 15.6 Å². The third-order valence-electron chi connectivity index (χ3n) is 3.19. The van der Waals surface area contributed by atoms with Crippen LogP contribution in [0.1, 0.15) is 16.1 Å². The summed E-state index contributed by atoms with van der Waals surface area (Å²) in [6, 6.07) is 2.66. The van der Waals surface area contributed by atoms with Gasteiger partial charge in [0, 0.05) is 7.11 Å². The van der Waals surface area contributed by atoms with Gasteiger partial charge in [-0.3, -0.25) is 4.79 Å². The first-order valence-corrected chi connectivity index (χ1v) is 7.47. The van der Waals surface area contributed by atoms with Crippen molar-refractivity contribution in [3.8, 4) is 5.75 Å². The number of methoxy groups -OCH3 is 1. The average Bonchev–Trinajstić information content (AvgIpc) is 3.04. The minimum absolute atomic E-state index is 0.0261. The SMILES string of the molecule is COCCOc1ccc(C(F)(F)F)cc1NC(=O)Cn1cc(C(=O)O)nn1. The van der Waals surface area contributed by atoms with Crippen molar-refractivity contribution in [3.05, 3.63) is 35.7 Å². The molecule has 0 aliphatic heterocycles. The van der Waals surface area contributed by atoms with Gasteiger partial charge in [0.15, 0.2) is 5.69 Å². The molecule has 0 unspecified atom stereocenters. The number of nitrogens with one attached hydrogen (secondary N) is 1. The summed E-state index contributed by atoms with van der Waals surface area (Å²) >= 11 is 0. The van der Waals surface area contributed by atoms with Crippen molar-refractivity contribution >= 4 is 17.6 Å². The normalized spacial score (nSPS) is 11.3. The van der Waals surface area contributed by atoms with Crippen molar-refractivity contribution in [1.29, 1.82) is 0 Å². The summed E-state index contributed by atoms with van der Waals surface area (Å²) in [5.41, 5.74) is -1.53. The molecular weight excluding hydrogens is 373 g/mol. The van der Waals surface area contributed by atoms with E-state index in [0.29, 0.717) is 0 Å². The van der Waals surface area contributed by atoms with E-state index < -0.39 is 30.2 Å². The van der Waals surface area contributed by atoms with Gasteiger partial charge >= 0.3 is 12.1 Å². The fraction of sp³-hybridized carbons (Fsp3) is 0.333. The lowest BCUT2D eigenvalue weighted by Gasteiger charge is -2.15. The molecule has 1 aromatic heterocycles. The number of nitrogens with zero attached hydrogens (tertiary/aromatic N) is 3. The number of anilines is 1. The second kappa shape index (κ2) is 8.49. The van der Waals surface area contributed by atoms with E-state index in [1.54, 1.807) is 0 Å². The molecule has 9 nitrogen and oxygen atoms in total. The highest BCUT2D eigenvalue weighted by Gasteiger charge is 2.31. The second-order valence-electron chi connectivity index (χ2n) is 5.20. The lowest BCUT2D eigenvalue weighted by Crippen LogP contribution is -2.20. The molecule has 1 heterocycles. The van der Waals surface area contributed by atoms with Gasteiger partial charge in [0.2, 0.25) is 5.91 Å². The maximum Gasteiger partial charge on any atom is 0.416 e. The molecule has 2 aromatic rings. The lowest BCUT2D eigenvalue weighted by atomic mass is 10.1. The molecule has 0 radical (unpaired) electrons. The topological polar surface area (TPSA) is 116 Å². The van der Waals surface area contributed by atoms with Gasteiger partial charge in [-0.2, -0.15) is 13.2 Å². The number of aromatic carboxylic acids is 1. The van der Waals surface area contributed by atoms with Crippen LogP contribution < -0.4 is 10.1 Å². The Morgan fingerprint density at radius 2 is 2.04 bits per heavy atom. The summed E-state index contributed by atoms with van der Waals surface area (Å²) in [4.78, 5) is 22.8. The van der Waals surface area contributed by atoms with Crippen molar-refractivity contribution in [1.82, 2.24) is 15.0 Å². The molecule has 1 aromatic carbocycles. The van der Waals surface area contributed by atoms with Crippen LogP contribution in [0.4, 0.5) is 18.9 Å². The third kappa shape index (κ3) is 5.67. The summed E-state index contributed by atoms with van der Waals surface area (Å²) in [5.74, 6) is -2.04. The molecule has 0 saturated carbocycles. The molecule has 0 saturated heterocycles. The first-order chi connectivity index (χ1) is 12.7. The number of carbonyl (C=O) groups is 2. The Labute approximate surface area is 150 Å². The minimum Gasteiger partial charge on any atom is -0.489 e. The van der Waals surface area contributed by atoms with Gasteiger partial charge in [-0.05, 0) is 18.2 Å². The molecule has 0 aliphatic carbocycles. The number of aromatic nitrogens is 3. The van der Waals surface area contributed by atoms with E-state index in [0.717, 1.165) is 29.1 Å². The average molecular weight is 388 g/mol. The van der Waals surface area contributed by atoms with Crippen LogP contribution in [0.25, 0.3) is 0 Å². The molecule has 27 heavy (non-hydrogen) atoms. The van der Waals surface area contributed by atoms with Crippen LogP contribution >= 0.6 is 0 Å². The van der Waals surface area contributed by atoms with Gasteiger partial charge in [0.05, 0.1) is 24.1 Å². The zero-order valence-electron chi connectivity index (χ0n) is 14.0. The molecule has 1 amide bonds. The van der Waals surface area contributed by atoms with Crippen molar-refractivity contribution < 1.29 is 37.3 Å². The largest absolute Gasteiger partial charge is 0.489 e. The Kier molecular flexibility index (Phi) is 6.34. The van der Waals surface area contributed by atoms with Gasteiger partial charge < -0.3 is 19.9 Å². The highest BCUT2D eigenvalue weighted by Crippen LogP contribution is 2.35. The van der Waals surface area contributed by atoms with E-state index in [9.17, 15) is 22.8 Å². The number of amides is 1. The Hall–Kier alpha value is -3.15. The van der Waals surface area contributed by atoms with Crippen LogP contribution in [0.3, 0.4) is 0 Å². The number of hydrogen-bond donors (Lipinski definition) is 2. The number of carbonyl (C=O) groups excluding carboxylic acids is 1. The van der Waals surface area contributed by atoms with Gasteiger partial charge in [-0.1, -0.05) is 5.21 Å². The van der Waals surface area contributed by atoms with Crippen LogP contribution in [0.15, 0.2) is 24.4 Å². The summed E-state index contributed by atoms with van der Waals surface area (Å²) in [6.45, 7) is -0.185. The fourth-order valence-corrected chi connectivity index (χ4v) is 1.98. The second-order valence-corrected chi connectivity index (χ2v) is 5.20. The molecule has 146 valence electrons. The van der Waals surface area contributed by atoms with Crippen LogP contribution in [0, 0.1) is 0 Å². The summed E-state index contributed by atoms with van der Waals surface area (Å²) < 4.78 is 49.8. The number of alkyl halides is 3. The third-order valence-corrected chi connectivity index (χ3v) is 3.19. The molecular formula is C15H15F3N4O5. The van der Waals surface area contributed by atoms with Crippen molar-refractivity contribution in [3.63, 3.8) is 0 Å². The highest BCUT2D eigenvalue weighted by atomic mass is 19.4. The maximum absolute atomic E-state index is 12.9. The van der Waals surface area contributed by atoms with Crippen LogP contribution in [-0.4, -0.2) is 52.3 Å². The molecule has 0 aliphatic rings. The van der Waals surface area contributed by atoms with Crippen LogP contribution in [-0.2, 0) is 22.3 Å². The molecule has 0 atom stereocenters. The number of ether oxygens (including phenoxy) is 2. The number of halogens is 3. The number of carboxylic acid groups (broad SMARTS) is 1. The summed E-state index contributed by atoms with van der Waals surface area (Å²) in [7, 11) is 1.43. The van der Waals surface area contributed by atoms with Crippen molar-refractivity contribution in [2.24, 2.45) is 0 Å². The molecule has 0 fully saturated rings. The van der Waals surface area contributed by atoms with E-state index in [-0.39, 0.29) is 30.3 Å². The van der Waals surface area contributed by atoms with E-state index in [4.69, 9.17) is 14.6 Å². The Morgan fingerprint density at radius 3 is 2.63 bits per heavy atom.